The number of carbonyl (C=O) groups is 1. The van der Waals surface area contributed by atoms with E-state index in [0.717, 1.165) is 41.7 Å². The summed E-state index contributed by atoms with van der Waals surface area (Å²) < 4.78 is 1.82. The lowest BCUT2D eigenvalue weighted by molar-refractivity contribution is -0.137. The second kappa shape index (κ2) is 6.06. The molecular weight excluding hydrogens is 332 g/mol. The van der Waals surface area contributed by atoms with Crippen LogP contribution in [0.3, 0.4) is 0 Å². The third-order valence-corrected chi connectivity index (χ3v) is 9.29. The van der Waals surface area contributed by atoms with Crippen molar-refractivity contribution in [2.45, 2.75) is 71.6 Å². The Morgan fingerprint density at radius 1 is 1.11 bits per heavy atom. The summed E-state index contributed by atoms with van der Waals surface area (Å²) in [6.45, 7) is 4.90. The fourth-order valence-corrected chi connectivity index (χ4v) is 7.81. The van der Waals surface area contributed by atoms with Crippen molar-refractivity contribution in [2.24, 2.45) is 41.5 Å². The van der Waals surface area contributed by atoms with Crippen molar-refractivity contribution in [3.63, 3.8) is 0 Å². The Labute approximate surface area is 163 Å². The van der Waals surface area contributed by atoms with Gasteiger partial charge in [0.05, 0.1) is 6.20 Å². The van der Waals surface area contributed by atoms with Crippen LogP contribution >= 0.6 is 0 Å². The Bertz CT molecular complexity index is 792. The van der Waals surface area contributed by atoms with E-state index in [0.29, 0.717) is 17.1 Å². The summed E-state index contributed by atoms with van der Waals surface area (Å²) in [6.07, 6.45) is 17.9. The third kappa shape index (κ3) is 2.53. The molecular formula is C24H34N2O. The topological polar surface area (TPSA) is 34.9 Å². The van der Waals surface area contributed by atoms with Gasteiger partial charge in [-0.3, -0.25) is 9.48 Å². The number of carbonyl (C=O) groups excluding carboxylic acids is 1. The van der Waals surface area contributed by atoms with Gasteiger partial charge >= 0.3 is 0 Å². The van der Waals surface area contributed by atoms with Gasteiger partial charge in [-0.15, -0.1) is 0 Å². The van der Waals surface area contributed by atoms with Crippen LogP contribution in [0.4, 0.5) is 0 Å². The highest BCUT2D eigenvalue weighted by molar-refractivity contribution is 6.05. The zero-order valence-corrected chi connectivity index (χ0v) is 17.2. The van der Waals surface area contributed by atoms with Crippen molar-refractivity contribution in [3.8, 4) is 0 Å². The molecule has 0 spiro atoms. The number of fused-ring (bicyclic) bond motifs is 5. The first kappa shape index (κ1) is 17.7. The third-order valence-electron chi connectivity index (χ3n) is 9.29. The highest BCUT2D eigenvalue weighted by Crippen LogP contribution is 2.66. The quantitative estimate of drug-likeness (QED) is 0.622. The molecule has 0 radical (unpaired) electrons. The molecule has 0 bridgehead atoms. The molecule has 0 aliphatic heterocycles. The minimum atomic E-state index is -0.118. The van der Waals surface area contributed by atoms with E-state index in [9.17, 15) is 4.79 Å². The van der Waals surface area contributed by atoms with Crippen molar-refractivity contribution in [3.05, 3.63) is 23.5 Å². The summed E-state index contributed by atoms with van der Waals surface area (Å²) in [5.74, 6) is 3.54. The van der Waals surface area contributed by atoms with E-state index in [1.54, 1.807) is 0 Å². The second-order valence-electron chi connectivity index (χ2n) is 10.5. The molecule has 5 rings (SSSR count). The Kier molecular flexibility index (Phi) is 3.97. The number of aryl methyl sites for hydroxylation is 1. The van der Waals surface area contributed by atoms with Crippen molar-refractivity contribution in [1.82, 2.24) is 9.78 Å². The summed E-state index contributed by atoms with van der Waals surface area (Å²) in [5.41, 5.74) is 2.56. The van der Waals surface area contributed by atoms with Gasteiger partial charge in [0.1, 0.15) is 0 Å². The molecule has 3 nitrogen and oxygen atoms in total. The first-order chi connectivity index (χ1) is 12.9. The van der Waals surface area contributed by atoms with Crippen LogP contribution in [-0.4, -0.2) is 15.6 Å². The first-order valence-corrected chi connectivity index (χ1v) is 11.2. The van der Waals surface area contributed by atoms with E-state index in [2.05, 4.69) is 25.0 Å². The predicted molar refractivity (Wildman–Crippen MR) is 108 cm³/mol. The molecule has 4 aliphatic carbocycles. The van der Waals surface area contributed by atoms with Gasteiger partial charge in [-0.1, -0.05) is 26.7 Å². The summed E-state index contributed by atoms with van der Waals surface area (Å²) in [4.78, 5) is 13.4. The predicted octanol–water partition coefficient (Wildman–Crippen LogP) is 5.42. The monoisotopic (exact) mass is 366 g/mol. The molecule has 0 aromatic carbocycles. The molecule has 6 atom stereocenters. The number of allylic oxidation sites excluding steroid dienone is 1. The lowest BCUT2D eigenvalue weighted by Crippen LogP contribution is -2.52. The molecule has 4 fully saturated rings. The fraction of sp³-hybridized carbons (Fsp3) is 0.750. The Hall–Kier alpha value is -1.38. The molecule has 0 saturated heterocycles. The molecule has 1 aromatic heterocycles. The van der Waals surface area contributed by atoms with Crippen LogP contribution in [0.5, 0.6) is 0 Å². The van der Waals surface area contributed by atoms with E-state index in [4.69, 9.17) is 0 Å². The van der Waals surface area contributed by atoms with E-state index < -0.39 is 0 Å². The van der Waals surface area contributed by atoms with E-state index in [1.165, 1.54) is 44.9 Å². The van der Waals surface area contributed by atoms with Crippen molar-refractivity contribution >= 4 is 11.9 Å². The molecule has 146 valence electrons. The van der Waals surface area contributed by atoms with E-state index in [1.807, 2.05) is 24.1 Å². The number of hydrogen-bond donors (Lipinski definition) is 0. The van der Waals surface area contributed by atoms with Crippen LogP contribution in [0.15, 0.2) is 18.0 Å². The van der Waals surface area contributed by atoms with Crippen LogP contribution in [0.25, 0.3) is 6.08 Å². The number of Topliss-reactive ketones (excluding diaryl/α,β-unsaturated/α-hetero) is 1. The number of nitrogens with zero attached hydrogens (tertiary/aromatic N) is 2. The fourth-order valence-electron chi connectivity index (χ4n) is 7.81. The van der Waals surface area contributed by atoms with Crippen LogP contribution < -0.4 is 0 Å². The molecule has 0 N–H and O–H groups in total. The van der Waals surface area contributed by atoms with Gasteiger partial charge in [0.15, 0.2) is 5.78 Å². The van der Waals surface area contributed by atoms with Crippen molar-refractivity contribution in [1.29, 1.82) is 0 Å². The van der Waals surface area contributed by atoms with Gasteiger partial charge in [-0.05, 0) is 85.7 Å². The highest BCUT2D eigenvalue weighted by Gasteiger charge is 2.60. The summed E-state index contributed by atoms with van der Waals surface area (Å²) in [7, 11) is 1.94. The van der Waals surface area contributed by atoms with Gasteiger partial charge in [0.2, 0.25) is 0 Å². The molecule has 1 heterocycles. The molecule has 0 amide bonds. The smallest absolute Gasteiger partial charge is 0.165 e. The highest BCUT2D eigenvalue weighted by atomic mass is 16.1. The lowest BCUT2D eigenvalue weighted by Gasteiger charge is -2.59. The largest absolute Gasteiger partial charge is 0.294 e. The maximum absolute atomic E-state index is 13.4. The Morgan fingerprint density at radius 3 is 2.74 bits per heavy atom. The normalized spacial score (nSPS) is 45.4. The van der Waals surface area contributed by atoms with Crippen LogP contribution in [0.2, 0.25) is 0 Å². The summed E-state index contributed by atoms with van der Waals surface area (Å²) in [5, 5.41) is 4.27. The second-order valence-corrected chi connectivity index (χ2v) is 10.5. The zero-order chi connectivity index (χ0) is 18.8. The molecule has 27 heavy (non-hydrogen) atoms. The summed E-state index contributed by atoms with van der Waals surface area (Å²) >= 11 is 0. The molecule has 0 unspecified atom stereocenters. The summed E-state index contributed by atoms with van der Waals surface area (Å²) in [6, 6.07) is 0. The minimum Gasteiger partial charge on any atom is -0.294 e. The van der Waals surface area contributed by atoms with Gasteiger partial charge in [-0.25, -0.2) is 0 Å². The molecule has 4 saturated carbocycles. The van der Waals surface area contributed by atoms with E-state index in [-0.39, 0.29) is 5.41 Å². The number of hydrogen-bond acceptors (Lipinski definition) is 2. The van der Waals surface area contributed by atoms with Gasteiger partial charge in [0, 0.05) is 24.2 Å². The van der Waals surface area contributed by atoms with Crippen LogP contribution in [-0.2, 0) is 11.8 Å². The zero-order valence-electron chi connectivity index (χ0n) is 17.2. The molecule has 1 aromatic rings. The molecule has 4 aliphatic rings. The first-order valence-electron chi connectivity index (χ1n) is 11.2. The Balaban J connectivity index is 1.46. The van der Waals surface area contributed by atoms with Crippen molar-refractivity contribution in [2.75, 3.05) is 0 Å². The van der Waals surface area contributed by atoms with Crippen LogP contribution in [0.1, 0.15) is 77.2 Å². The van der Waals surface area contributed by atoms with Gasteiger partial charge in [0.25, 0.3) is 0 Å². The average molecular weight is 367 g/mol. The maximum atomic E-state index is 13.4. The van der Waals surface area contributed by atoms with Gasteiger partial charge in [-0.2, -0.15) is 5.10 Å². The van der Waals surface area contributed by atoms with Gasteiger partial charge < -0.3 is 0 Å². The SMILES string of the molecule is Cn1cc(/C=C2\C[C@H]3[C@@H]4CC[C@H]5CCCC[C@]5(C)[C@H]4CC[C@]3(C)C2=O)cn1. The van der Waals surface area contributed by atoms with E-state index >= 15 is 0 Å². The van der Waals surface area contributed by atoms with Crippen molar-refractivity contribution < 1.29 is 4.79 Å². The number of ketones is 1. The number of rotatable bonds is 1. The minimum absolute atomic E-state index is 0.118. The maximum Gasteiger partial charge on any atom is 0.165 e. The van der Waals surface area contributed by atoms with Crippen LogP contribution in [0, 0.1) is 34.5 Å². The standard InChI is InChI=1S/C24H34N2O/c1-23-10-5-4-6-18(23)7-8-19-20(23)9-11-24(2)21(19)13-17(22(24)27)12-16-14-25-26(3)15-16/h12,14-15,18-21H,4-11,13H2,1-3H3/b17-12+/t18-,19-,20+,21+,23+,24+/m1/s1. The lowest BCUT2D eigenvalue weighted by atomic mass is 9.45. The molecule has 3 heteroatoms. The average Bonchev–Trinajstić information content (AvgIpc) is 3.16. The Morgan fingerprint density at radius 2 is 1.96 bits per heavy atom. The number of aromatic nitrogens is 2.